The van der Waals surface area contributed by atoms with Gasteiger partial charge in [0.2, 0.25) is 5.91 Å². The molecule has 0 spiro atoms. The highest BCUT2D eigenvalue weighted by atomic mass is 19.4. The van der Waals surface area contributed by atoms with Crippen molar-refractivity contribution >= 4 is 11.8 Å². The minimum atomic E-state index is -4.54. The first kappa shape index (κ1) is 16.1. The van der Waals surface area contributed by atoms with Gasteiger partial charge in [0.05, 0.1) is 12.2 Å². The SMILES string of the molecule is NC(=O)c1cnc(C2CCCCN2C(=O)C=CC(F)(F)F)[nH]1. The first-order chi connectivity index (χ1) is 10.3. The number of piperidine rings is 1. The van der Waals surface area contributed by atoms with E-state index in [0.717, 1.165) is 6.42 Å². The fourth-order valence-electron chi connectivity index (χ4n) is 2.37. The summed E-state index contributed by atoms with van der Waals surface area (Å²) in [6.45, 7) is 0.332. The van der Waals surface area contributed by atoms with Gasteiger partial charge in [0.15, 0.2) is 0 Å². The molecule has 6 nitrogen and oxygen atoms in total. The summed E-state index contributed by atoms with van der Waals surface area (Å²) in [6, 6.07) is -0.493. The van der Waals surface area contributed by atoms with E-state index in [4.69, 9.17) is 5.73 Å². The van der Waals surface area contributed by atoms with Crippen molar-refractivity contribution in [2.75, 3.05) is 6.54 Å². The lowest BCUT2D eigenvalue weighted by atomic mass is 10.0. The van der Waals surface area contributed by atoms with Gasteiger partial charge in [-0.15, -0.1) is 0 Å². The molecule has 1 aromatic heterocycles. The molecule has 1 aliphatic heterocycles. The standard InChI is InChI=1S/C13H15F3N4O2/c14-13(15,16)5-4-10(21)20-6-2-1-3-9(20)12-18-7-8(19-12)11(17)22/h4-5,7,9H,1-3,6H2,(H2,17,22)(H,18,19). The Bertz CT molecular complexity index is 594. The lowest BCUT2D eigenvalue weighted by molar-refractivity contribution is -0.130. The highest BCUT2D eigenvalue weighted by Gasteiger charge is 2.30. The molecule has 1 aromatic rings. The first-order valence-corrected chi connectivity index (χ1v) is 6.69. The molecule has 9 heteroatoms. The number of hydrogen-bond donors (Lipinski definition) is 2. The number of nitrogens with two attached hydrogens (primary N) is 1. The predicted molar refractivity (Wildman–Crippen MR) is 70.6 cm³/mol. The minimum Gasteiger partial charge on any atom is -0.364 e. The van der Waals surface area contributed by atoms with Gasteiger partial charge in [-0.1, -0.05) is 0 Å². The summed E-state index contributed by atoms with van der Waals surface area (Å²) in [7, 11) is 0. The number of primary amides is 1. The van der Waals surface area contributed by atoms with E-state index in [-0.39, 0.29) is 11.8 Å². The molecule has 1 aliphatic rings. The van der Waals surface area contributed by atoms with Gasteiger partial charge in [-0.05, 0) is 19.3 Å². The molecule has 120 valence electrons. The summed E-state index contributed by atoms with van der Waals surface area (Å²) in [4.78, 5) is 31.1. The molecule has 2 heterocycles. The van der Waals surface area contributed by atoms with Crippen LogP contribution >= 0.6 is 0 Å². The van der Waals surface area contributed by atoms with Gasteiger partial charge in [0.25, 0.3) is 5.91 Å². The minimum absolute atomic E-state index is 0.0853. The predicted octanol–water partition coefficient (Wildman–Crippen LogP) is 1.68. The molecule has 0 aliphatic carbocycles. The third-order valence-electron chi connectivity index (χ3n) is 3.38. The van der Waals surface area contributed by atoms with Crippen molar-refractivity contribution in [1.29, 1.82) is 0 Å². The van der Waals surface area contributed by atoms with E-state index in [1.807, 2.05) is 0 Å². The molecular weight excluding hydrogens is 301 g/mol. The number of allylic oxidation sites excluding steroid dienone is 1. The second kappa shape index (κ2) is 6.20. The highest BCUT2D eigenvalue weighted by Crippen LogP contribution is 2.29. The molecule has 1 unspecified atom stereocenters. The summed E-state index contributed by atoms with van der Waals surface area (Å²) >= 11 is 0. The van der Waals surface area contributed by atoms with Gasteiger partial charge in [0.1, 0.15) is 11.5 Å². The Morgan fingerprint density at radius 2 is 2.14 bits per heavy atom. The number of carbonyl (C=O) groups excluding carboxylic acids is 2. The summed E-state index contributed by atoms with van der Waals surface area (Å²) in [6.07, 6.45) is -0.799. The van der Waals surface area contributed by atoms with Gasteiger partial charge < -0.3 is 15.6 Å². The Balaban J connectivity index is 2.18. The summed E-state index contributed by atoms with van der Waals surface area (Å²) in [5.41, 5.74) is 5.22. The average molecular weight is 316 g/mol. The molecule has 0 saturated carbocycles. The smallest absolute Gasteiger partial charge is 0.364 e. The maximum Gasteiger partial charge on any atom is 0.409 e. The third kappa shape index (κ3) is 3.86. The van der Waals surface area contributed by atoms with Gasteiger partial charge in [-0.3, -0.25) is 9.59 Å². The van der Waals surface area contributed by atoms with Crippen LogP contribution < -0.4 is 5.73 Å². The molecule has 0 radical (unpaired) electrons. The first-order valence-electron chi connectivity index (χ1n) is 6.69. The van der Waals surface area contributed by atoms with Crippen LogP contribution in [0, 0.1) is 0 Å². The highest BCUT2D eigenvalue weighted by molar-refractivity contribution is 5.90. The van der Waals surface area contributed by atoms with Crippen LogP contribution in [0.25, 0.3) is 0 Å². The molecule has 22 heavy (non-hydrogen) atoms. The molecule has 0 bridgehead atoms. The molecule has 2 rings (SSSR count). The lowest BCUT2D eigenvalue weighted by Gasteiger charge is -2.33. The van der Waals surface area contributed by atoms with Crippen molar-refractivity contribution < 1.29 is 22.8 Å². The number of nitrogens with zero attached hydrogens (tertiary/aromatic N) is 2. The number of halogens is 3. The fourth-order valence-corrected chi connectivity index (χ4v) is 2.37. The normalized spacial score (nSPS) is 19.6. The van der Waals surface area contributed by atoms with Crippen LogP contribution in [0.1, 0.15) is 41.6 Å². The van der Waals surface area contributed by atoms with Crippen LogP contribution in [-0.4, -0.2) is 39.4 Å². The maximum atomic E-state index is 12.2. The van der Waals surface area contributed by atoms with Gasteiger partial charge in [0, 0.05) is 18.7 Å². The Morgan fingerprint density at radius 1 is 1.41 bits per heavy atom. The zero-order valence-electron chi connectivity index (χ0n) is 11.6. The molecule has 2 amide bonds. The Labute approximate surface area is 124 Å². The number of hydrogen-bond acceptors (Lipinski definition) is 3. The number of alkyl halides is 3. The van der Waals surface area contributed by atoms with Crippen LogP contribution in [0.15, 0.2) is 18.3 Å². The number of imidazole rings is 1. The zero-order chi connectivity index (χ0) is 16.3. The van der Waals surface area contributed by atoms with Gasteiger partial charge in [-0.2, -0.15) is 13.2 Å². The second-order valence-electron chi connectivity index (χ2n) is 4.96. The Hall–Kier alpha value is -2.32. The van der Waals surface area contributed by atoms with E-state index in [0.29, 0.717) is 31.3 Å². The van der Waals surface area contributed by atoms with E-state index >= 15 is 0 Å². The van der Waals surface area contributed by atoms with E-state index in [9.17, 15) is 22.8 Å². The quantitative estimate of drug-likeness (QED) is 0.831. The van der Waals surface area contributed by atoms with Crippen molar-refractivity contribution in [3.05, 3.63) is 29.9 Å². The number of aromatic amines is 1. The van der Waals surface area contributed by atoms with E-state index in [1.54, 1.807) is 0 Å². The fraction of sp³-hybridized carbons (Fsp3) is 0.462. The van der Waals surface area contributed by atoms with Crippen molar-refractivity contribution in [3.8, 4) is 0 Å². The van der Waals surface area contributed by atoms with Crippen LogP contribution in [0.4, 0.5) is 13.2 Å². The molecule has 3 N–H and O–H groups in total. The molecular formula is C13H15F3N4O2. The topological polar surface area (TPSA) is 92.1 Å². The van der Waals surface area contributed by atoms with Gasteiger partial charge >= 0.3 is 6.18 Å². The molecule has 1 atom stereocenters. The molecule has 1 fully saturated rings. The van der Waals surface area contributed by atoms with Crippen LogP contribution in [-0.2, 0) is 4.79 Å². The number of rotatable bonds is 3. The Kier molecular flexibility index (Phi) is 4.53. The molecule has 0 aromatic carbocycles. The number of aromatic nitrogens is 2. The van der Waals surface area contributed by atoms with E-state index in [2.05, 4.69) is 9.97 Å². The van der Waals surface area contributed by atoms with E-state index in [1.165, 1.54) is 11.1 Å². The van der Waals surface area contributed by atoms with Crippen LogP contribution in [0.2, 0.25) is 0 Å². The number of H-pyrrole nitrogens is 1. The van der Waals surface area contributed by atoms with Gasteiger partial charge in [-0.25, -0.2) is 4.98 Å². The third-order valence-corrected chi connectivity index (χ3v) is 3.38. The largest absolute Gasteiger partial charge is 0.409 e. The van der Waals surface area contributed by atoms with Crippen molar-refractivity contribution in [3.63, 3.8) is 0 Å². The second-order valence-corrected chi connectivity index (χ2v) is 4.96. The number of carbonyl (C=O) groups is 2. The number of nitrogens with one attached hydrogen (secondary N) is 1. The number of likely N-dealkylation sites (tertiary alicyclic amines) is 1. The zero-order valence-corrected chi connectivity index (χ0v) is 11.6. The summed E-state index contributed by atoms with van der Waals surface area (Å²) in [5.74, 6) is -1.08. The molecule has 1 saturated heterocycles. The maximum absolute atomic E-state index is 12.2. The van der Waals surface area contributed by atoms with Crippen molar-refractivity contribution in [2.24, 2.45) is 5.73 Å². The summed E-state index contributed by atoms with van der Waals surface area (Å²) in [5, 5.41) is 0. The Morgan fingerprint density at radius 3 is 2.73 bits per heavy atom. The number of amides is 2. The van der Waals surface area contributed by atoms with Crippen LogP contribution in [0.5, 0.6) is 0 Å². The van der Waals surface area contributed by atoms with E-state index < -0.39 is 24.0 Å². The summed E-state index contributed by atoms with van der Waals surface area (Å²) < 4.78 is 36.5. The lowest BCUT2D eigenvalue weighted by Crippen LogP contribution is -2.38. The van der Waals surface area contributed by atoms with Crippen molar-refractivity contribution in [2.45, 2.75) is 31.5 Å². The average Bonchev–Trinajstić information content (AvgIpc) is 2.94. The monoisotopic (exact) mass is 316 g/mol. The van der Waals surface area contributed by atoms with Crippen molar-refractivity contribution in [1.82, 2.24) is 14.9 Å². The van der Waals surface area contributed by atoms with Crippen LogP contribution in [0.3, 0.4) is 0 Å².